The van der Waals surface area contributed by atoms with Crippen molar-refractivity contribution >= 4 is 33.2 Å². The molecule has 0 atom stereocenters. The number of hydrogen-bond acceptors (Lipinski definition) is 4. The summed E-state index contributed by atoms with van der Waals surface area (Å²) in [5, 5.41) is 3.21. The number of nitrogens with one attached hydrogen (secondary N) is 1. The van der Waals surface area contributed by atoms with Crippen LogP contribution >= 0.6 is 11.6 Å². The molecule has 1 N–H and O–H groups in total. The summed E-state index contributed by atoms with van der Waals surface area (Å²) in [4.78, 5) is 12.5. The van der Waals surface area contributed by atoms with Gasteiger partial charge >= 0.3 is 0 Å². The molecule has 0 unspecified atom stereocenters. The molecule has 0 aliphatic carbocycles. The second-order valence-electron chi connectivity index (χ2n) is 6.45. The Bertz CT molecular complexity index is 1110. The van der Waals surface area contributed by atoms with E-state index in [0.717, 1.165) is 16.4 Å². The van der Waals surface area contributed by atoms with Gasteiger partial charge in [0.05, 0.1) is 17.1 Å². The van der Waals surface area contributed by atoms with Gasteiger partial charge in [0, 0.05) is 5.02 Å². The van der Waals surface area contributed by atoms with Crippen LogP contribution < -0.4 is 14.4 Å². The number of amides is 1. The van der Waals surface area contributed by atoms with Crippen molar-refractivity contribution in [3.63, 3.8) is 0 Å². The summed E-state index contributed by atoms with van der Waals surface area (Å²) >= 11 is 5.82. The lowest BCUT2D eigenvalue weighted by atomic mass is 10.3. The van der Waals surface area contributed by atoms with E-state index in [2.05, 4.69) is 5.32 Å². The Balaban J connectivity index is 1.67. The third-order valence-electron chi connectivity index (χ3n) is 4.24. The Morgan fingerprint density at radius 2 is 1.61 bits per heavy atom. The van der Waals surface area contributed by atoms with Gasteiger partial charge in [-0.15, -0.1) is 0 Å². The standard InChI is InChI=1S/C22H20ClFN2O4S/c23-17-6-12-20(13-7-17)30-15-14-25-22(27)16-26(19-10-8-18(24)9-11-19)31(28,29)21-4-2-1-3-5-21/h1-13H,14-16H2,(H,25,27). The van der Waals surface area contributed by atoms with Gasteiger partial charge in [-0.3, -0.25) is 9.10 Å². The molecule has 0 heterocycles. The van der Waals surface area contributed by atoms with Crippen LogP contribution in [-0.4, -0.2) is 34.0 Å². The van der Waals surface area contributed by atoms with E-state index in [1.54, 1.807) is 42.5 Å². The molecule has 0 bridgehead atoms. The van der Waals surface area contributed by atoms with Gasteiger partial charge in [0.2, 0.25) is 5.91 Å². The van der Waals surface area contributed by atoms with Crippen molar-refractivity contribution < 1.29 is 22.3 Å². The lowest BCUT2D eigenvalue weighted by Crippen LogP contribution is -2.41. The minimum Gasteiger partial charge on any atom is -0.492 e. The van der Waals surface area contributed by atoms with Crippen LogP contribution in [0.1, 0.15) is 0 Å². The van der Waals surface area contributed by atoms with Gasteiger partial charge < -0.3 is 10.1 Å². The van der Waals surface area contributed by atoms with Gasteiger partial charge in [-0.05, 0) is 60.7 Å². The number of carbonyl (C=O) groups is 1. The molecule has 0 spiro atoms. The molecule has 0 saturated carbocycles. The Morgan fingerprint density at radius 3 is 2.26 bits per heavy atom. The van der Waals surface area contributed by atoms with E-state index < -0.39 is 28.3 Å². The molecule has 0 fully saturated rings. The van der Waals surface area contributed by atoms with Gasteiger partial charge in [-0.25, -0.2) is 12.8 Å². The SMILES string of the molecule is O=C(CN(c1ccc(F)cc1)S(=O)(=O)c1ccccc1)NCCOc1ccc(Cl)cc1. The molecule has 3 rings (SSSR count). The number of halogens is 2. The molecular formula is C22H20ClFN2O4S. The average molecular weight is 463 g/mol. The molecule has 0 radical (unpaired) electrons. The van der Waals surface area contributed by atoms with Crippen molar-refractivity contribution in [2.45, 2.75) is 4.90 Å². The summed E-state index contributed by atoms with van der Waals surface area (Å²) in [5.41, 5.74) is 0.179. The second-order valence-corrected chi connectivity index (χ2v) is 8.75. The summed E-state index contributed by atoms with van der Waals surface area (Å²) in [6.07, 6.45) is 0. The fraction of sp³-hybridized carbons (Fsp3) is 0.136. The zero-order valence-electron chi connectivity index (χ0n) is 16.4. The van der Waals surface area contributed by atoms with Crippen LogP contribution in [-0.2, 0) is 14.8 Å². The predicted octanol–water partition coefficient (Wildman–Crippen LogP) is 3.87. The second kappa shape index (κ2) is 10.3. The Hall–Kier alpha value is -3.10. The highest BCUT2D eigenvalue weighted by Gasteiger charge is 2.27. The van der Waals surface area contributed by atoms with Crippen LogP contribution in [0.4, 0.5) is 10.1 Å². The predicted molar refractivity (Wildman–Crippen MR) is 117 cm³/mol. The summed E-state index contributed by atoms with van der Waals surface area (Å²) in [6.45, 7) is -0.108. The molecule has 1 amide bonds. The average Bonchev–Trinajstić information content (AvgIpc) is 2.77. The van der Waals surface area contributed by atoms with Crippen LogP contribution in [0.2, 0.25) is 5.02 Å². The van der Waals surface area contributed by atoms with Crippen LogP contribution in [0.25, 0.3) is 0 Å². The highest BCUT2D eigenvalue weighted by Crippen LogP contribution is 2.23. The fourth-order valence-electron chi connectivity index (χ4n) is 2.72. The number of ether oxygens (including phenoxy) is 1. The maximum atomic E-state index is 13.3. The summed E-state index contributed by atoms with van der Waals surface area (Å²) in [7, 11) is -4.03. The number of anilines is 1. The van der Waals surface area contributed by atoms with Gasteiger partial charge in [0.25, 0.3) is 10.0 Å². The maximum absolute atomic E-state index is 13.3. The highest BCUT2D eigenvalue weighted by molar-refractivity contribution is 7.92. The van der Waals surface area contributed by atoms with Gasteiger partial charge in [-0.1, -0.05) is 29.8 Å². The van der Waals surface area contributed by atoms with Crippen LogP contribution in [0.5, 0.6) is 5.75 Å². The number of nitrogens with zero attached hydrogens (tertiary/aromatic N) is 1. The third kappa shape index (κ3) is 6.19. The van der Waals surface area contributed by atoms with E-state index in [-0.39, 0.29) is 23.7 Å². The lowest BCUT2D eigenvalue weighted by molar-refractivity contribution is -0.119. The van der Waals surface area contributed by atoms with Gasteiger partial charge in [0.1, 0.15) is 24.7 Å². The van der Waals surface area contributed by atoms with E-state index in [9.17, 15) is 17.6 Å². The van der Waals surface area contributed by atoms with E-state index >= 15 is 0 Å². The Kier molecular flexibility index (Phi) is 7.49. The maximum Gasteiger partial charge on any atom is 0.264 e. The van der Waals surface area contributed by atoms with E-state index in [1.807, 2.05) is 0 Å². The lowest BCUT2D eigenvalue weighted by Gasteiger charge is -2.24. The highest BCUT2D eigenvalue weighted by atomic mass is 35.5. The molecular weight excluding hydrogens is 443 g/mol. The summed E-state index contributed by atoms with van der Waals surface area (Å²) < 4.78 is 46.0. The van der Waals surface area contributed by atoms with Crippen molar-refractivity contribution in [1.29, 1.82) is 0 Å². The van der Waals surface area contributed by atoms with E-state index in [1.165, 1.54) is 24.3 Å². The minimum absolute atomic E-state index is 0.0261. The largest absolute Gasteiger partial charge is 0.492 e. The van der Waals surface area contributed by atoms with Crippen molar-refractivity contribution in [2.75, 3.05) is 24.0 Å². The molecule has 31 heavy (non-hydrogen) atoms. The van der Waals surface area contributed by atoms with Crippen LogP contribution in [0.3, 0.4) is 0 Å². The summed E-state index contributed by atoms with van der Waals surface area (Å²) in [6, 6.07) is 19.4. The molecule has 162 valence electrons. The Labute approximate surface area is 185 Å². The Morgan fingerprint density at radius 1 is 0.968 bits per heavy atom. The number of carbonyl (C=O) groups excluding carboxylic acids is 1. The molecule has 0 aromatic heterocycles. The van der Waals surface area contributed by atoms with Crippen molar-refractivity contribution in [1.82, 2.24) is 5.32 Å². The molecule has 3 aromatic rings. The zero-order valence-corrected chi connectivity index (χ0v) is 17.9. The first-order valence-corrected chi connectivity index (χ1v) is 11.2. The molecule has 9 heteroatoms. The number of sulfonamides is 1. The minimum atomic E-state index is -4.03. The smallest absolute Gasteiger partial charge is 0.264 e. The van der Waals surface area contributed by atoms with Crippen molar-refractivity contribution in [3.05, 3.63) is 89.7 Å². The molecule has 0 aliphatic heterocycles. The number of rotatable bonds is 9. The molecule has 3 aromatic carbocycles. The molecule has 0 aliphatic rings. The van der Waals surface area contributed by atoms with Crippen LogP contribution in [0.15, 0.2) is 83.8 Å². The third-order valence-corrected chi connectivity index (χ3v) is 6.28. The molecule has 0 saturated heterocycles. The molecule has 6 nitrogen and oxygen atoms in total. The number of benzene rings is 3. The monoisotopic (exact) mass is 462 g/mol. The summed E-state index contributed by atoms with van der Waals surface area (Å²) in [5.74, 6) is -0.439. The van der Waals surface area contributed by atoms with Gasteiger partial charge in [-0.2, -0.15) is 0 Å². The number of hydrogen-bond donors (Lipinski definition) is 1. The van der Waals surface area contributed by atoms with Crippen molar-refractivity contribution in [3.8, 4) is 5.75 Å². The van der Waals surface area contributed by atoms with Gasteiger partial charge in [0.15, 0.2) is 0 Å². The first-order chi connectivity index (χ1) is 14.9. The fourth-order valence-corrected chi connectivity index (χ4v) is 4.29. The van der Waals surface area contributed by atoms with Crippen molar-refractivity contribution in [2.24, 2.45) is 0 Å². The zero-order chi connectivity index (χ0) is 22.3. The van der Waals surface area contributed by atoms with Crippen LogP contribution in [0, 0.1) is 5.82 Å². The normalized spacial score (nSPS) is 11.0. The van der Waals surface area contributed by atoms with E-state index in [4.69, 9.17) is 16.3 Å². The quantitative estimate of drug-likeness (QED) is 0.490. The first kappa shape index (κ1) is 22.6. The van der Waals surface area contributed by atoms with E-state index in [0.29, 0.717) is 10.8 Å². The topological polar surface area (TPSA) is 75.7 Å². The first-order valence-electron chi connectivity index (χ1n) is 9.35.